The van der Waals surface area contributed by atoms with Crippen LogP contribution in [0.25, 0.3) is 11.0 Å². The Morgan fingerprint density at radius 2 is 1.89 bits per heavy atom. The Bertz CT molecular complexity index is 1050. The van der Waals surface area contributed by atoms with Crippen LogP contribution in [-0.2, 0) is 13.0 Å². The molecule has 3 aromatic rings. The average molecular weight is 379 g/mol. The lowest BCUT2D eigenvalue weighted by atomic mass is 9.96. The molecule has 1 aliphatic carbocycles. The lowest BCUT2D eigenvalue weighted by Crippen LogP contribution is -2.25. The van der Waals surface area contributed by atoms with Gasteiger partial charge in [-0.15, -0.1) is 0 Å². The zero-order valence-corrected chi connectivity index (χ0v) is 15.9. The maximum atomic E-state index is 12.8. The number of aromatic amines is 1. The third kappa shape index (κ3) is 4.13. The summed E-state index contributed by atoms with van der Waals surface area (Å²) in [6.45, 7) is 0.614. The molecule has 1 saturated carbocycles. The van der Waals surface area contributed by atoms with Crippen molar-refractivity contribution in [1.82, 2.24) is 19.5 Å². The van der Waals surface area contributed by atoms with E-state index >= 15 is 0 Å². The van der Waals surface area contributed by atoms with Crippen LogP contribution in [0.2, 0.25) is 0 Å². The minimum atomic E-state index is -0.478. The third-order valence-corrected chi connectivity index (χ3v) is 5.35. The predicted octanol–water partition coefficient (Wildman–Crippen LogP) is 2.86. The fourth-order valence-electron chi connectivity index (χ4n) is 3.90. The largest absolute Gasteiger partial charge is 0.353 e. The van der Waals surface area contributed by atoms with Crippen molar-refractivity contribution in [3.8, 4) is 0 Å². The molecule has 1 fully saturated rings. The van der Waals surface area contributed by atoms with Crippen molar-refractivity contribution in [2.45, 2.75) is 57.5 Å². The molecule has 0 bridgehead atoms. The van der Waals surface area contributed by atoms with E-state index in [1.807, 2.05) is 18.2 Å². The summed E-state index contributed by atoms with van der Waals surface area (Å²) in [6.07, 6.45) is 8.90. The second-order valence-electron chi connectivity index (χ2n) is 7.42. The van der Waals surface area contributed by atoms with Crippen LogP contribution < -0.4 is 16.4 Å². The van der Waals surface area contributed by atoms with E-state index in [1.54, 1.807) is 10.9 Å². The molecule has 0 spiro atoms. The highest BCUT2D eigenvalue weighted by Crippen LogP contribution is 2.19. The summed E-state index contributed by atoms with van der Waals surface area (Å²) < 4.78 is 1.75. The molecule has 1 aliphatic rings. The standard InChI is InChI=1S/C21H25N5O2/c27-19-17-18(20(28)25-21(24-19)23-16-11-5-2-6-12-16)26(14-22-17)13-7-10-15-8-3-1-4-9-15/h1,3-4,8-9,14,16H,2,5-7,10-13H2,(H2,23,24,25,27,28). The van der Waals surface area contributed by atoms with Gasteiger partial charge in [-0.1, -0.05) is 49.6 Å². The van der Waals surface area contributed by atoms with Gasteiger partial charge in [-0.2, -0.15) is 4.98 Å². The zero-order valence-electron chi connectivity index (χ0n) is 15.9. The monoisotopic (exact) mass is 379 g/mol. The fraction of sp³-hybridized carbons (Fsp3) is 0.429. The first-order valence-electron chi connectivity index (χ1n) is 10.0. The Labute approximate surface area is 162 Å². The van der Waals surface area contributed by atoms with E-state index in [-0.39, 0.29) is 23.1 Å². The highest BCUT2D eigenvalue weighted by Gasteiger charge is 2.16. The molecule has 2 aromatic heterocycles. The van der Waals surface area contributed by atoms with Crippen molar-refractivity contribution in [2.24, 2.45) is 0 Å². The molecule has 0 saturated heterocycles. The molecule has 1 aromatic carbocycles. The number of imidazole rings is 1. The van der Waals surface area contributed by atoms with Gasteiger partial charge in [-0.25, -0.2) is 4.98 Å². The molecule has 0 atom stereocenters. The Morgan fingerprint density at radius 1 is 1.11 bits per heavy atom. The summed E-state index contributed by atoms with van der Waals surface area (Å²) >= 11 is 0. The molecule has 2 heterocycles. The molecule has 7 nitrogen and oxygen atoms in total. The molecule has 7 heteroatoms. The van der Waals surface area contributed by atoms with Gasteiger partial charge in [0.2, 0.25) is 5.95 Å². The quantitative estimate of drug-likeness (QED) is 0.687. The molecular weight excluding hydrogens is 354 g/mol. The number of rotatable bonds is 6. The molecule has 0 aliphatic heterocycles. The van der Waals surface area contributed by atoms with Crippen molar-refractivity contribution in [3.63, 3.8) is 0 Å². The zero-order chi connectivity index (χ0) is 19.3. The highest BCUT2D eigenvalue weighted by molar-refractivity contribution is 5.72. The number of benzene rings is 1. The van der Waals surface area contributed by atoms with Crippen molar-refractivity contribution < 1.29 is 0 Å². The number of nitrogens with zero attached hydrogens (tertiary/aromatic N) is 3. The molecule has 0 amide bonds. The molecule has 0 unspecified atom stereocenters. The molecule has 0 radical (unpaired) electrons. The second kappa shape index (κ2) is 8.37. The summed E-state index contributed by atoms with van der Waals surface area (Å²) in [4.78, 5) is 36.3. The number of nitrogens with one attached hydrogen (secondary N) is 2. The van der Waals surface area contributed by atoms with Crippen LogP contribution in [-0.4, -0.2) is 25.6 Å². The number of hydrogen-bond donors (Lipinski definition) is 2. The topological polar surface area (TPSA) is 92.7 Å². The number of H-pyrrole nitrogens is 1. The SMILES string of the molecule is O=c1nc(NC2CCCCC2)[nH]c(=O)c2c1ncn2CCCc1ccccc1. The van der Waals surface area contributed by atoms with E-state index in [0.29, 0.717) is 12.1 Å². The molecular formula is C21H25N5O2. The number of aromatic nitrogens is 4. The number of aryl methyl sites for hydroxylation is 2. The molecule has 2 N–H and O–H groups in total. The first-order chi connectivity index (χ1) is 13.7. The maximum absolute atomic E-state index is 12.8. The summed E-state index contributed by atoms with van der Waals surface area (Å²) in [5.74, 6) is 0.246. The Balaban J connectivity index is 1.57. The smallest absolute Gasteiger partial charge is 0.301 e. The van der Waals surface area contributed by atoms with Crippen LogP contribution in [0, 0.1) is 0 Å². The number of fused-ring (bicyclic) bond motifs is 1. The maximum Gasteiger partial charge on any atom is 0.301 e. The van der Waals surface area contributed by atoms with Gasteiger partial charge >= 0.3 is 5.56 Å². The molecule has 4 rings (SSSR count). The van der Waals surface area contributed by atoms with Gasteiger partial charge in [-0.05, 0) is 31.2 Å². The van der Waals surface area contributed by atoms with Crippen LogP contribution >= 0.6 is 0 Å². The number of hydrogen-bond acceptors (Lipinski definition) is 5. The van der Waals surface area contributed by atoms with E-state index in [0.717, 1.165) is 38.5 Å². The summed E-state index contributed by atoms with van der Waals surface area (Å²) in [5.41, 5.74) is 0.852. The van der Waals surface area contributed by atoms with Gasteiger partial charge < -0.3 is 9.88 Å². The third-order valence-electron chi connectivity index (χ3n) is 5.35. The van der Waals surface area contributed by atoms with Gasteiger partial charge in [0.15, 0.2) is 5.52 Å². The van der Waals surface area contributed by atoms with Crippen molar-refractivity contribution in [2.75, 3.05) is 5.32 Å². The minimum Gasteiger partial charge on any atom is -0.353 e. The Hall–Kier alpha value is -2.96. The van der Waals surface area contributed by atoms with Gasteiger partial charge in [0, 0.05) is 12.6 Å². The van der Waals surface area contributed by atoms with Gasteiger partial charge in [0.25, 0.3) is 5.56 Å². The lowest BCUT2D eigenvalue weighted by Gasteiger charge is -2.22. The second-order valence-corrected chi connectivity index (χ2v) is 7.42. The Morgan fingerprint density at radius 3 is 2.68 bits per heavy atom. The highest BCUT2D eigenvalue weighted by atomic mass is 16.1. The molecule has 146 valence electrons. The van der Waals surface area contributed by atoms with Crippen LogP contribution in [0.1, 0.15) is 44.1 Å². The van der Waals surface area contributed by atoms with Crippen molar-refractivity contribution in [1.29, 1.82) is 0 Å². The summed E-state index contributed by atoms with van der Waals surface area (Å²) in [6, 6.07) is 10.4. The first kappa shape index (κ1) is 18.4. The van der Waals surface area contributed by atoms with Gasteiger partial charge in [0.05, 0.1) is 6.33 Å². The van der Waals surface area contributed by atoms with Crippen LogP contribution in [0.4, 0.5) is 5.95 Å². The van der Waals surface area contributed by atoms with E-state index in [9.17, 15) is 9.59 Å². The summed E-state index contributed by atoms with van der Waals surface area (Å²) in [5, 5.41) is 3.23. The fourth-order valence-corrected chi connectivity index (χ4v) is 3.90. The van der Waals surface area contributed by atoms with Gasteiger partial charge in [-0.3, -0.25) is 14.6 Å². The van der Waals surface area contributed by atoms with Crippen molar-refractivity contribution in [3.05, 3.63) is 62.9 Å². The predicted molar refractivity (Wildman–Crippen MR) is 110 cm³/mol. The van der Waals surface area contributed by atoms with E-state index in [2.05, 4.69) is 32.4 Å². The normalized spacial score (nSPS) is 15.0. The van der Waals surface area contributed by atoms with E-state index < -0.39 is 5.56 Å². The summed E-state index contributed by atoms with van der Waals surface area (Å²) in [7, 11) is 0. The van der Waals surface area contributed by atoms with E-state index in [4.69, 9.17) is 0 Å². The minimum absolute atomic E-state index is 0.123. The van der Waals surface area contributed by atoms with Crippen molar-refractivity contribution >= 4 is 17.0 Å². The molecule has 28 heavy (non-hydrogen) atoms. The van der Waals surface area contributed by atoms with Crippen LogP contribution in [0.15, 0.2) is 46.2 Å². The number of anilines is 1. The Kier molecular flexibility index (Phi) is 5.50. The van der Waals surface area contributed by atoms with Crippen LogP contribution in [0.5, 0.6) is 0 Å². The first-order valence-corrected chi connectivity index (χ1v) is 10.0. The van der Waals surface area contributed by atoms with E-state index in [1.165, 1.54) is 12.0 Å². The van der Waals surface area contributed by atoms with Crippen LogP contribution in [0.3, 0.4) is 0 Å². The average Bonchev–Trinajstić information content (AvgIpc) is 3.09. The lowest BCUT2D eigenvalue weighted by molar-refractivity contribution is 0.461. The van der Waals surface area contributed by atoms with Gasteiger partial charge in [0.1, 0.15) is 5.52 Å².